The van der Waals surface area contributed by atoms with E-state index in [1.165, 1.54) is 19.3 Å². The average molecular weight is 681 g/mol. The standard InChI is InChI=1S/C38H44N6O4S/c1-24-33(23-49-37-41-42-43-44(37)32-5-3-2-4-6-32)47-35(48-34(24)30-11-9-26(22-45)10-12-30)31-13-7-25(8-14-31)21-39-36(46)40-38-18-27-15-28(19-38)17-29(16-27)20-38/h2-14,24,27-29,33-35,45H,15-23H2,1H3,(H2,39,40,46). The predicted octanol–water partition coefficient (Wildman–Crippen LogP) is 6.51. The third kappa shape index (κ3) is 6.99. The van der Waals surface area contributed by atoms with E-state index in [-0.39, 0.29) is 36.3 Å². The van der Waals surface area contributed by atoms with Crippen LogP contribution in [-0.4, -0.2) is 48.7 Å². The van der Waals surface area contributed by atoms with Crippen molar-refractivity contribution >= 4 is 17.8 Å². The van der Waals surface area contributed by atoms with Crippen molar-refractivity contribution in [2.24, 2.45) is 23.7 Å². The molecule has 4 atom stereocenters. The first-order valence-electron chi connectivity index (χ1n) is 17.6. The Morgan fingerprint density at radius 1 is 0.898 bits per heavy atom. The van der Waals surface area contributed by atoms with E-state index in [1.54, 1.807) is 16.4 Å². The number of tetrazole rings is 1. The number of ether oxygens (including phenoxy) is 2. The van der Waals surface area contributed by atoms with Crippen LogP contribution >= 0.6 is 11.8 Å². The van der Waals surface area contributed by atoms with Gasteiger partial charge in [-0.3, -0.25) is 0 Å². The Balaban J connectivity index is 0.941. The Bertz CT molecular complexity index is 1700. The number of hydrogen-bond donors (Lipinski definition) is 3. The molecule has 5 fully saturated rings. The molecule has 9 rings (SSSR count). The fourth-order valence-electron chi connectivity index (χ4n) is 8.99. The fraction of sp³-hybridized carbons (Fsp3) is 0.474. The first kappa shape index (κ1) is 32.4. The topological polar surface area (TPSA) is 123 Å². The molecule has 4 aromatic rings. The lowest BCUT2D eigenvalue weighted by Crippen LogP contribution is -2.61. The van der Waals surface area contributed by atoms with Crippen LogP contribution in [-0.2, 0) is 22.6 Å². The third-order valence-electron chi connectivity index (χ3n) is 11.1. The molecule has 3 aromatic carbocycles. The van der Waals surface area contributed by atoms with Gasteiger partial charge in [0.05, 0.1) is 24.5 Å². The molecule has 1 saturated heterocycles. The van der Waals surface area contributed by atoms with E-state index in [9.17, 15) is 9.90 Å². The van der Waals surface area contributed by atoms with E-state index in [0.717, 1.165) is 65.0 Å². The molecule has 49 heavy (non-hydrogen) atoms. The average Bonchev–Trinajstić information content (AvgIpc) is 3.59. The van der Waals surface area contributed by atoms with E-state index in [1.807, 2.05) is 78.9 Å². The molecule has 10 nitrogen and oxygen atoms in total. The molecule has 2 heterocycles. The van der Waals surface area contributed by atoms with Gasteiger partial charge in [0, 0.05) is 29.3 Å². The molecular weight excluding hydrogens is 637 g/mol. The summed E-state index contributed by atoms with van der Waals surface area (Å²) >= 11 is 1.56. The Hall–Kier alpha value is -3.77. The van der Waals surface area contributed by atoms with Crippen molar-refractivity contribution in [3.05, 3.63) is 101 Å². The van der Waals surface area contributed by atoms with E-state index in [0.29, 0.717) is 17.5 Å². The number of carbonyl (C=O) groups is 1. The van der Waals surface area contributed by atoms with Crippen LogP contribution < -0.4 is 10.6 Å². The zero-order chi connectivity index (χ0) is 33.4. The van der Waals surface area contributed by atoms with Gasteiger partial charge in [0.25, 0.3) is 0 Å². The van der Waals surface area contributed by atoms with Gasteiger partial charge in [-0.2, -0.15) is 4.68 Å². The first-order chi connectivity index (χ1) is 23.9. The zero-order valence-electron chi connectivity index (χ0n) is 27.8. The molecule has 0 radical (unpaired) electrons. The number of hydrogen-bond acceptors (Lipinski definition) is 8. The van der Waals surface area contributed by atoms with Crippen LogP contribution in [0.15, 0.2) is 84.0 Å². The van der Waals surface area contributed by atoms with E-state index < -0.39 is 6.29 Å². The molecule has 0 spiro atoms. The van der Waals surface area contributed by atoms with Crippen LogP contribution in [0.2, 0.25) is 0 Å². The lowest BCUT2D eigenvalue weighted by molar-refractivity contribution is -0.268. The summed E-state index contributed by atoms with van der Waals surface area (Å²) in [5, 5.41) is 29.2. The van der Waals surface area contributed by atoms with Gasteiger partial charge >= 0.3 is 6.03 Å². The quantitative estimate of drug-likeness (QED) is 0.162. The molecule has 3 N–H and O–H groups in total. The van der Waals surface area contributed by atoms with Crippen LogP contribution in [0.4, 0.5) is 4.79 Å². The van der Waals surface area contributed by atoms with Crippen molar-refractivity contribution in [1.29, 1.82) is 0 Å². The van der Waals surface area contributed by atoms with Crippen molar-refractivity contribution in [2.75, 3.05) is 5.75 Å². The van der Waals surface area contributed by atoms with Crippen molar-refractivity contribution < 1.29 is 19.4 Å². The van der Waals surface area contributed by atoms with Gasteiger partial charge in [-0.15, -0.1) is 5.10 Å². The van der Waals surface area contributed by atoms with Crippen molar-refractivity contribution in [3.63, 3.8) is 0 Å². The minimum Gasteiger partial charge on any atom is -0.392 e. The summed E-state index contributed by atoms with van der Waals surface area (Å²) in [6.45, 7) is 2.60. The fourth-order valence-corrected chi connectivity index (χ4v) is 10.0. The molecule has 1 aliphatic heterocycles. The Morgan fingerprint density at radius 3 is 2.22 bits per heavy atom. The number of nitrogens with zero attached hydrogens (tertiary/aromatic N) is 4. The van der Waals surface area contributed by atoms with Crippen LogP contribution in [0, 0.1) is 23.7 Å². The van der Waals surface area contributed by atoms with Crippen molar-refractivity contribution in [3.8, 4) is 5.69 Å². The molecule has 5 aliphatic rings. The molecule has 4 bridgehead atoms. The molecule has 1 aromatic heterocycles. The monoisotopic (exact) mass is 680 g/mol. The third-order valence-corrected chi connectivity index (χ3v) is 12.1. The molecule has 2 amide bonds. The zero-order valence-corrected chi connectivity index (χ0v) is 28.6. The van der Waals surface area contributed by atoms with Crippen molar-refractivity contribution in [1.82, 2.24) is 30.8 Å². The summed E-state index contributed by atoms with van der Waals surface area (Å²) in [4.78, 5) is 13.0. The molecule has 4 unspecified atom stereocenters. The lowest BCUT2D eigenvalue weighted by atomic mass is 9.53. The number of benzene rings is 3. The summed E-state index contributed by atoms with van der Waals surface area (Å²) < 4.78 is 15.1. The van der Waals surface area contributed by atoms with Gasteiger partial charge in [0.15, 0.2) is 6.29 Å². The van der Waals surface area contributed by atoms with Crippen LogP contribution in [0.1, 0.15) is 80.1 Å². The van der Waals surface area contributed by atoms with E-state index in [4.69, 9.17) is 9.47 Å². The highest BCUT2D eigenvalue weighted by molar-refractivity contribution is 7.99. The number of nitrogens with one attached hydrogen (secondary N) is 2. The highest BCUT2D eigenvalue weighted by Crippen LogP contribution is 2.55. The number of thioether (sulfide) groups is 1. The summed E-state index contributed by atoms with van der Waals surface area (Å²) in [6.07, 6.45) is 6.49. The maximum Gasteiger partial charge on any atom is 0.315 e. The number of aliphatic hydroxyl groups excluding tert-OH is 1. The number of aliphatic hydroxyl groups is 1. The molecular formula is C38H44N6O4S. The van der Waals surface area contributed by atoms with Crippen LogP contribution in [0.3, 0.4) is 0 Å². The maximum atomic E-state index is 13.0. The van der Waals surface area contributed by atoms with Crippen LogP contribution in [0.25, 0.3) is 5.69 Å². The minimum atomic E-state index is -0.587. The molecule has 4 aliphatic carbocycles. The second kappa shape index (κ2) is 13.9. The smallest absolute Gasteiger partial charge is 0.315 e. The highest BCUT2D eigenvalue weighted by atomic mass is 32.2. The Labute approximate surface area is 291 Å². The number of rotatable bonds is 10. The van der Waals surface area contributed by atoms with E-state index in [2.05, 4.69) is 33.1 Å². The van der Waals surface area contributed by atoms with Crippen LogP contribution in [0.5, 0.6) is 0 Å². The number of para-hydroxylation sites is 1. The van der Waals surface area contributed by atoms with Gasteiger partial charge in [-0.05, 0) is 95.5 Å². The largest absolute Gasteiger partial charge is 0.392 e. The Kier molecular flexibility index (Phi) is 9.17. The number of amides is 2. The summed E-state index contributed by atoms with van der Waals surface area (Å²) in [5.74, 6) is 3.02. The lowest BCUT2D eigenvalue weighted by Gasteiger charge is -2.56. The molecule has 11 heteroatoms. The maximum absolute atomic E-state index is 13.0. The van der Waals surface area contributed by atoms with Gasteiger partial charge in [0.2, 0.25) is 5.16 Å². The first-order valence-corrected chi connectivity index (χ1v) is 18.5. The molecule has 256 valence electrons. The number of urea groups is 1. The van der Waals surface area contributed by atoms with Gasteiger partial charge < -0.3 is 25.2 Å². The van der Waals surface area contributed by atoms with Gasteiger partial charge in [-0.1, -0.05) is 85.4 Å². The summed E-state index contributed by atoms with van der Waals surface area (Å²) in [6, 6.07) is 25.8. The SMILES string of the molecule is CC1C(CSc2nnnn2-c2ccccc2)OC(c2ccc(CNC(=O)NC34CC5CC(CC(C5)C3)C4)cc2)OC1c1ccc(CO)cc1. The predicted molar refractivity (Wildman–Crippen MR) is 186 cm³/mol. The summed E-state index contributed by atoms with van der Waals surface area (Å²) in [5.41, 5.74) is 4.71. The minimum absolute atomic E-state index is 0.00633. The van der Waals surface area contributed by atoms with Crippen molar-refractivity contribution in [2.45, 2.75) is 87.8 Å². The van der Waals surface area contributed by atoms with Gasteiger partial charge in [0.1, 0.15) is 0 Å². The number of carbonyl (C=O) groups excluding carboxylic acids is 1. The molecule has 4 saturated carbocycles. The Morgan fingerprint density at radius 2 is 1.55 bits per heavy atom. The second-order valence-corrected chi connectivity index (χ2v) is 15.6. The van der Waals surface area contributed by atoms with Gasteiger partial charge in [-0.25, -0.2) is 4.79 Å². The summed E-state index contributed by atoms with van der Waals surface area (Å²) in [7, 11) is 0. The second-order valence-electron chi connectivity index (χ2n) is 14.6. The van der Waals surface area contributed by atoms with E-state index >= 15 is 0 Å². The highest BCUT2D eigenvalue weighted by Gasteiger charge is 2.51. The normalized spacial score (nSPS) is 30.3. The number of aromatic nitrogens is 4.